The minimum absolute atomic E-state index is 0.0668. The second kappa shape index (κ2) is 8.14. The standard InChI is InChI=1S/C15H16F2N4O2/c1-23-8-2-7-18-14-6-5-13(20-21-14)15(22)19-10-3-4-11(16)12(17)9-10/h3-6,9H,2,7-8H2,1H3,(H,18,21)(H,19,22). The summed E-state index contributed by atoms with van der Waals surface area (Å²) in [4.78, 5) is 12.0. The molecule has 122 valence electrons. The highest BCUT2D eigenvalue weighted by molar-refractivity contribution is 6.02. The van der Waals surface area contributed by atoms with Crippen molar-refractivity contribution < 1.29 is 18.3 Å². The molecule has 2 N–H and O–H groups in total. The lowest BCUT2D eigenvalue weighted by Crippen LogP contribution is -2.15. The third-order valence-electron chi connectivity index (χ3n) is 2.91. The van der Waals surface area contributed by atoms with Crippen molar-refractivity contribution in [2.75, 3.05) is 30.9 Å². The lowest BCUT2D eigenvalue weighted by atomic mass is 10.3. The zero-order valence-electron chi connectivity index (χ0n) is 12.5. The summed E-state index contributed by atoms with van der Waals surface area (Å²) in [5.41, 5.74) is 0.203. The number of hydrogen-bond donors (Lipinski definition) is 2. The van der Waals surface area contributed by atoms with Crippen molar-refractivity contribution in [3.63, 3.8) is 0 Å². The van der Waals surface area contributed by atoms with Crippen molar-refractivity contribution in [3.05, 3.63) is 47.7 Å². The van der Waals surface area contributed by atoms with Crippen LogP contribution in [0.1, 0.15) is 16.9 Å². The highest BCUT2D eigenvalue weighted by Gasteiger charge is 2.10. The molecule has 0 saturated carbocycles. The van der Waals surface area contributed by atoms with Gasteiger partial charge in [-0.15, -0.1) is 10.2 Å². The fraction of sp³-hybridized carbons (Fsp3) is 0.267. The van der Waals surface area contributed by atoms with Crippen LogP contribution >= 0.6 is 0 Å². The van der Waals surface area contributed by atoms with Gasteiger partial charge >= 0.3 is 0 Å². The average molecular weight is 322 g/mol. The lowest BCUT2D eigenvalue weighted by Gasteiger charge is -2.06. The SMILES string of the molecule is COCCCNc1ccc(C(=O)Nc2ccc(F)c(F)c2)nn1. The number of nitrogens with one attached hydrogen (secondary N) is 2. The summed E-state index contributed by atoms with van der Waals surface area (Å²) in [6.45, 7) is 1.30. The number of aromatic nitrogens is 2. The maximum atomic E-state index is 13.1. The molecule has 0 fully saturated rings. The van der Waals surface area contributed by atoms with E-state index in [-0.39, 0.29) is 11.4 Å². The van der Waals surface area contributed by atoms with E-state index < -0.39 is 17.5 Å². The fourth-order valence-electron chi connectivity index (χ4n) is 1.75. The highest BCUT2D eigenvalue weighted by atomic mass is 19.2. The summed E-state index contributed by atoms with van der Waals surface area (Å²) in [6, 6.07) is 6.19. The summed E-state index contributed by atoms with van der Waals surface area (Å²) in [7, 11) is 1.63. The Morgan fingerprint density at radius 2 is 2.00 bits per heavy atom. The fourth-order valence-corrected chi connectivity index (χ4v) is 1.75. The van der Waals surface area contributed by atoms with Crippen LogP contribution in [-0.4, -0.2) is 36.4 Å². The number of anilines is 2. The number of halogens is 2. The van der Waals surface area contributed by atoms with Crippen molar-refractivity contribution in [1.29, 1.82) is 0 Å². The van der Waals surface area contributed by atoms with Crippen LogP contribution in [0, 0.1) is 11.6 Å². The second-order valence-corrected chi connectivity index (χ2v) is 4.66. The molecule has 2 rings (SSSR count). The highest BCUT2D eigenvalue weighted by Crippen LogP contribution is 2.14. The Bertz CT molecular complexity index is 665. The van der Waals surface area contributed by atoms with Crippen LogP contribution < -0.4 is 10.6 Å². The van der Waals surface area contributed by atoms with Crippen LogP contribution in [-0.2, 0) is 4.74 Å². The van der Waals surface area contributed by atoms with E-state index in [4.69, 9.17) is 4.74 Å². The van der Waals surface area contributed by atoms with E-state index in [1.54, 1.807) is 13.2 Å². The first kappa shape index (κ1) is 16.8. The van der Waals surface area contributed by atoms with Gasteiger partial charge in [0.2, 0.25) is 0 Å². The van der Waals surface area contributed by atoms with Crippen molar-refractivity contribution in [3.8, 4) is 0 Å². The maximum Gasteiger partial charge on any atom is 0.276 e. The Kier molecular flexibility index (Phi) is 5.93. The Morgan fingerprint density at radius 1 is 1.17 bits per heavy atom. The van der Waals surface area contributed by atoms with Crippen molar-refractivity contribution in [1.82, 2.24) is 10.2 Å². The molecular weight excluding hydrogens is 306 g/mol. The van der Waals surface area contributed by atoms with Gasteiger partial charge in [-0.1, -0.05) is 0 Å². The number of benzene rings is 1. The molecule has 0 aliphatic carbocycles. The lowest BCUT2D eigenvalue weighted by molar-refractivity contribution is 0.102. The number of amides is 1. The average Bonchev–Trinajstić information content (AvgIpc) is 2.55. The van der Waals surface area contributed by atoms with Gasteiger partial charge in [0.05, 0.1) is 0 Å². The quantitative estimate of drug-likeness (QED) is 0.766. The number of ether oxygens (including phenoxy) is 1. The Labute approximate surface area is 131 Å². The zero-order chi connectivity index (χ0) is 16.7. The number of carbonyl (C=O) groups is 1. The number of hydrogen-bond acceptors (Lipinski definition) is 5. The Balaban J connectivity index is 1.93. The van der Waals surface area contributed by atoms with E-state index in [0.717, 1.165) is 18.6 Å². The number of carbonyl (C=O) groups excluding carboxylic acids is 1. The van der Waals surface area contributed by atoms with E-state index in [1.807, 2.05) is 0 Å². The molecule has 0 aliphatic heterocycles. The first-order valence-electron chi connectivity index (χ1n) is 6.93. The van der Waals surface area contributed by atoms with E-state index in [9.17, 15) is 13.6 Å². The third kappa shape index (κ3) is 4.96. The molecule has 8 heteroatoms. The van der Waals surface area contributed by atoms with Gasteiger partial charge in [0, 0.05) is 32.0 Å². The summed E-state index contributed by atoms with van der Waals surface area (Å²) >= 11 is 0. The summed E-state index contributed by atoms with van der Waals surface area (Å²) in [5.74, 6) is -2.05. The first-order valence-corrected chi connectivity index (χ1v) is 6.93. The number of rotatable bonds is 7. The van der Waals surface area contributed by atoms with Crippen LogP contribution in [0.3, 0.4) is 0 Å². The van der Waals surface area contributed by atoms with Gasteiger partial charge in [-0.05, 0) is 30.7 Å². The minimum Gasteiger partial charge on any atom is -0.385 e. The van der Waals surface area contributed by atoms with Gasteiger partial charge in [-0.3, -0.25) is 4.79 Å². The molecule has 0 radical (unpaired) electrons. The predicted molar refractivity (Wildman–Crippen MR) is 81.3 cm³/mol. The molecule has 6 nitrogen and oxygen atoms in total. The number of nitrogens with zero attached hydrogens (tertiary/aromatic N) is 2. The Morgan fingerprint density at radius 3 is 2.65 bits per heavy atom. The molecule has 0 saturated heterocycles. The molecular formula is C15H16F2N4O2. The smallest absolute Gasteiger partial charge is 0.276 e. The van der Waals surface area contributed by atoms with Crippen LogP contribution in [0.15, 0.2) is 30.3 Å². The van der Waals surface area contributed by atoms with Gasteiger partial charge in [-0.25, -0.2) is 8.78 Å². The normalized spacial score (nSPS) is 10.4. The zero-order valence-corrected chi connectivity index (χ0v) is 12.5. The van der Waals surface area contributed by atoms with Gasteiger partial charge in [0.1, 0.15) is 5.82 Å². The van der Waals surface area contributed by atoms with Gasteiger partial charge in [-0.2, -0.15) is 0 Å². The first-order chi connectivity index (χ1) is 11.1. The predicted octanol–water partition coefficient (Wildman–Crippen LogP) is 2.46. The van der Waals surface area contributed by atoms with E-state index in [1.165, 1.54) is 12.1 Å². The van der Waals surface area contributed by atoms with E-state index in [0.29, 0.717) is 19.0 Å². The summed E-state index contributed by atoms with van der Waals surface area (Å²) < 4.78 is 30.8. The molecule has 2 aromatic rings. The van der Waals surface area contributed by atoms with Crippen LogP contribution in [0.2, 0.25) is 0 Å². The topological polar surface area (TPSA) is 76.1 Å². The van der Waals surface area contributed by atoms with Crippen LogP contribution in [0.25, 0.3) is 0 Å². The van der Waals surface area contributed by atoms with Crippen molar-refractivity contribution >= 4 is 17.4 Å². The Hall–Kier alpha value is -2.61. The molecule has 0 atom stereocenters. The van der Waals surface area contributed by atoms with Crippen molar-refractivity contribution in [2.24, 2.45) is 0 Å². The van der Waals surface area contributed by atoms with Crippen LogP contribution in [0.4, 0.5) is 20.3 Å². The van der Waals surface area contributed by atoms with Gasteiger partial charge in [0.25, 0.3) is 5.91 Å². The van der Waals surface area contributed by atoms with Crippen molar-refractivity contribution in [2.45, 2.75) is 6.42 Å². The molecule has 1 aromatic heterocycles. The molecule has 1 amide bonds. The third-order valence-corrected chi connectivity index (χ3v) is 2.91. The molecule has 1 aromatic carbocycles. The maximum absolute atomic E-state index is 13.1. The molecule has 0 spiro atoms. The van der Waals surface area contributed by atoms with Gasteiger partial charge in [0.15, 0.2) is 17.3 Å². The molecule has 0 unspecified atom stereocenters. The van der Waals surface area contributed by atoms with Crippen LogP contribution in [0.5, 0.6) is 0 Å². The summed E-state index contributed by atoms with van der Waals surface area (Å²) in [5, 5.41) is 13.1. The number of methoxy groups -OCH3 is 1. The largest absolute Gasteiger partial charge is 0.385 e. The summed E-state index contributed by atoms with van der Waals surface area (Å²) in [6.07, 6.45) is 0.816. The monoisotopic (exact) mass is 322 g/mol. The van der Waals surface area contributed by atoms with E-state index >= 15 is 0 Å². The van der Waals surface area contributed by atoms with E-state index in [2.05, 4.69) is 20.8 Å². The molecule has 1 heterocycles. The van der Waals surface area contributed by atoms with Gasteiger partial charge < -0.3 is 15.4 Å². The minimum atomic E-state index is -1.04. The molecule has 0 bridgehead atoms. The second-order valence-electron chi connectivity index (χ2n) is 4.66. The molecule has 23 heavy (non-hydrogen) atoms. The molecule has 0 aliphatic rings.